The van der Waals surface area contributed by atoms with E-state index >= 15 is 0 Å². The zero-order valence-electron chi connectivity index (χ0n) is 13.2. The molecule has 0 aliphatic rings. The van der Waals surface area contributed by atoms with Gasteiger partial charge in [0.25, 0.3) is 0 Å². The number of benzene rings is 1. The maximum absolute atomic E-state index is 12.7. The number of fused-ring (bicyclic) bond motifs is 3. The number of hydrogen-bond donors (Lipinski definition) is 2. The van der Waals surface area contributed by atoms with Crippen molar-refractivity contribution in [3.63, 3.8) is 0 Å². The lowest BCUT2D eigenvalue weighted by Gasteiger charge is -2.01. The fraction of sp³-hybridized carbons (Fsp3) is 0.0588. The number of H-pyrrole nitrogens is 2. The molecule has 8 heteroatoms. The van der Waals surface area contributed by atoms with E-state index in [0.29, 0.717) is 27.7 Å². The Hall–Kier alpha value is -3.68. The Labute approximate surface area is 140 Å². The number of hydrogen-bond acceptors (Lipinski definition) is 5. The second-order valence-corrected chi connectivity index (χ2v) is 5.34. The number of aromatic amines is 2. The van der Waals surface area contributed by atoms with E-state index in [4.69, 9.17) is 4.74 Å². The fourth-order valence-electron chi connectivity index (χ4n) is 2.71. The molecule has 0 bridgehead atoms. The molecule has 0 aliphatic heterocycles. The summed E-state index contributed by atoms with van der Waals surface area (Å²) < 4.78 is 6.10. The van der Waals surface area contributed by atoms with Gasteiger partial charge < -0.3 is 14.7 Å². The molecule has 0 saturated heterocycles. The van der Waals surface area contributed by atoms with Gasteiger partial charge in [-0.2, -0.15) is 5.10 Å². The molecule has 3 heterocycles. The Morgan fingerprint density at radius 1 is 1.16 bits per heavy atom. The van der Waals surface area contributed by atoms with Crippen LogP contribution in [0.1, 0.15) is 5.56 Å². The maximum Gasteiger partial charge on any atom is 0.350 e. The summed E-state index contributed by atoms with van der Waals surface area (Å²) in [5.74, 6) is 0.565. The Kier molecular flexibility index (Phi) is 3.42. The summed E-state index contributed by atoms with van der Waals surface area (Å²) in [4.78, 5) is 34.7. The molecule has 0 amide bonds. The highest BCUT2D eigenvalue weighted by Gasteiger charge is 2.15. The lowest BCUT2D eigenvalue weighted by atomic mass is 10.2. The number of pyridine rings is 1. The summed E-state index contributed by atoms with van der Waals surface area (Å²) in [5.41, 5.74) is 0.836. The van der Waals surface area contributed by atoms with E-state index in [-0.39, 0.29) is 5.52 Å². The minimum Gasteiger partial charge on any atom is -0.496 e. The second kappa shape index (κ2) is 5.75. The minimum atomic E-state index is -0.635. The van der Waals surface area contributed by atoms with Crippen LogP contribution in [0.25, 0.3) is 21.9 Å². The van der Waals surface area contributed by atoms with Crippen LogP contribution in [0, 0.1) is 0 Å². The molecule has 0 spiro atoms. The largest absolute Gasteiger partial charge is 0.496 e. The number of nitrogens with one attached hydrogen (secondary N) is 2. The third kappa shape index (κ3) is 2.40. The van der Waals surface area contributed by atoms with Crippen molar-refractivity contribution in [3.05, 3.63) is 69.1 Å². The van der Waals surface area contributed by atoms with Gasteiger partial charge in [-0.05, 0) is 18.2 Å². The molecule has 4 aromatic rings. The van der Waals surface area contributed by atoms with Gasteiger partial charge >= 0.3 is 11.2 Å². The van der Waals surface area contributed by atoms with E-state index < -0.39 is 11.2 Å². The Morgan fingerprint density at radius 3 is 2.80 bits per heavy atom. The molecule has 4 rings (SSSR count). The summed E-state index contributed by atoms with van der Waals surface area (Å²) in [5, 5.41) is 4.63. The smallest absolute Gasteiger partial charge is 0.350 e. The molecule has 2 N–H and O–H groups in total. The predicted molar refractivity (Wildman–Crippen MR) is 94.5 cm³/mol. The van der Waals surface area contributed by atoms with Crippen LogP contribution >= 0.6 is 0 Å². The van der Waals surface area contributed by atoms with Crippen molar-refractivity contribution < 1.29 is 4.74 Å². The quantitative estimate of drug-likeness (QED) is 0.553. The molecule has 0 radical (unpaired) electrons. The third-order valence-corrected chi connectivity index (χ3v) is 3.84. The molecule has 25 heavy (non-hydrogen) atoms. The van der Waals surface area contributed by atoms with Crippen LogP contribution in [0.3, 0.4) is 0 Å². The highest BCUT2D eigenvalue weighted by molar-refractivity contribution is 6.07. The highest BCUT2D eigenvalue weighted by atomic mass is 16.5. The Balaban J connectivity index is 1.96. The van der Waals surface area contributed by atoms with Crippen LogP contribution in [0.5, 0.6) is 5.75 Å². The van der Waals surface area contributed by atoms with Gasteiger partial charge in [0.05, 0.1) is 29.7 Å². The van der Waals surface area contributed by atoms with Crippen LogP contribution < -0.4 is 16.0 Å². The molecular weight excluding hydrogens is 322 g/mol. The van der Waals surface area contributed by atoms with Gasteiger partial charge in [-0.15, -0.1) is 4.68 Å². The molecule has 124 valence electrons. The molecule has 0 atom stereocenters. The summed E-state index contributed by atoms with van der Waals surface area (Å²) in [6.07, 6.45) is 4.61. The zero-order valence-corrected chi connectivity index (χ0v) is 13.2. The first-order valence-corrected chi connectivity index (χ1v) is 7.47. The van der Waals surface area contributed by atoms with Gasteiger partial charge in [-0.1, -0.05) is 12.1 Å². The Bertz CT molecular complexity index is 1220. The van der Waals surface area contributed by atoms with Gasteiger partial charge in [0.1, 0.15) is 11.3 Å². The van der Waals surface area contributed by atoms with E-state index in [1.54, 1.807) is 42.7 Å². The lowest BCUT2D eigenvalue weighted by Crippen LogP contribution is -2.32. The highest BCUT2D eigenvalue weighted by Crippen LogP contribution is 2.29. The lowest BCUT2D eigenvalue weighted by molar-refractivity contribution is 0.420. The predicted octanol–water partition coefficient (Wildman–Crippen LogP) is 1.46. The molecule has 0 unspecified atom stereocenters. The van der Waals surface area contributed by atoms with E-state index in [1.165, 1.54) is 13.3 Å². The number of ether oxygens (including phenoxy) is 1. The first-order chi connectivity index (χ1) is 12.2. The summed E-state index contributed by atoms with van der Waals surface area (Å²) in [6.45, 7) is 0. The molecule has 0 saturated carbocycles. The average Bonchev–Trinajstić information content (AvgIpc) is 3.01. The van der Waals surface area contributed by atoms with E-state index in [0.717, 1.165) is 4.68 Å². The topological polar surface area (TPSA) is 105 Å². The van der Waals surface area contributed by atoms with Crippen LogP contribution in [0.4, 0.5) is 0 Å². The first kappa shape index (κ1) is 14.9. The first-order valence-electron chi connectivity index (χ1n) is 7.47. The van der Waals surface area contributed by atoms with E-state index in [1.807, 2.05) is 0 Å². The monoisotopic (exact) mass is 335 g/mol. The molecular formula is C17H13N5O3. The summed E-state index contributed by atoms with van der Waals surface area (Å²) in [7, 11) is 1.53. The average molecular weight is 335 g/mol. The van der Waals surface area contributed by atoms with Gasteiger partial charge in [-0.25, -0.2) is 4.79 Å². The van der Waals surface area contributed by atoms with Crippen molar-refractivity contribution in [2.45, 2.75) is 0 Å². The number of aromatic nitrogens is 4. The maximum atomic E-state index is 12.7. The normalized spacial score (nSPS) is 11.6. The number of nitrogens with zero attached hydrogens (tertiary/aromatic N) is 3. The summed E-state index contributed by atoms with van der Waals surface area (Å²) in [6, 6.07) is 8.87. The van der Waals surface area contributed by atoms with E-state index in [2.05, 4.69) is 20.1 Å². The van der Waals surface area contributed by atoms with Crippen molar-refractivity contribution in [2.24, 2.45) is 5.10 Å². The van der Waals surface area contributed by atoms with Crippen molar-refractivity contribution in [3.8, 4) is 5.75 Å². The third-order valence-electron chi connectivity index (χ3n) is 3.84. The summed E-state index contributed by atoms with van der Waals surface area (Å²) >= 11 is 0. The second-order valence-electron chi connectivity index (χ2n) is 5.34. The molecule has 0 aliphatic carbocycles. The molecule has 0 fully saturated rings. The van der Waals surface area contributed by atoms with Crippen molar-refractivity contribution >= 4 is 28.2 Å². The zero-order chi connectivity index (χ0) is 17.4. The van der Waals surface area contributed by atoms with Gasteiger partial charge in [0.2, 0.25) is 0 Å². The van der Waals surface area contributed by atoms with Gasteiger partial charge in [-0.3, -0.25) is 9.78 Å². The molecule has 8 nitrogen and oxygen atoms in total. The van der Waals surface area contributed by atoms with Gasteiger partial charge in [0.15, 0.2) is 0 Å². The standard InChI is InChI=1S/C17H13N5O3/c1-25-12-6-2-5-11-13(12)14-15(20-11)16(23)22(17(24)21-14)19-9-10-4-3-7-18-8-10/h2-9,20H,1H3,(H,21,24)/b19-9+. The number of rotatable bonds is 3. The van der Waals surface area contributed by atoms with Crippen LogP contribution in [-0.2, 0) is 0 Å². The van der Waals surface area contributed by atoms with Crippen molar-refractivity contribution in [1.29, 1.82) is 0 Å². The van der Waals surface area contributed by atoms with E-state index in [9.17, 15) is 9.59 Å². The SMILES string of the molecule is COc1cccc2[nH]c3c(=O)n(/N=C/c4cccnc4)c(=O)[nH]c3c12. The Morgan fingerprint density at radius 2 is 2.04 bits per heavy atom. The van der Waals surface area contributed by atoms with Crippen LogP contribution in [-0.4, -0.2) is 33.0 Å². The van der Waals surface area contributed by atoms with Crippen LogP contribution in [0.2, 0.25) is 0 Å². The van der Waals surface area contributed by atoms with Crippen molar-refractivity contribution in [2.75, 3.05) is 7.11 Å². The molecule has 1 aromatic carbocycles. The molecule has 3 aromatic heterocycles. The number of methoxy groups -OCH3 is 1. The van der Waals surface area contributed by atoms with Gasteiger partial charge in [0, 0.05) is 18.0 Å². The fourth-order valence-corrected chi connectivity index (χ4v) is 2.71. The minimum absolute atomic E-state index is 0.252. The van der Waals surface area contributed by atoms with Crippen molar-refractivity contribution in [1.82, 2.24) is 19.6 Å². The van der Waals surface area contributed by atoms with Crippen LogP contribution in [0.15, 0.2) is 57.4 Å².